The molecule has 0 amide bonds. The van der Waals surface area contributed by atoms with Crippen molar-refractivity contribution in [3.05, 3.63) is 66.4 Å². The van der Waals surface area contributed by atoms with E-state index in [9.17, 15) is 0 Å². The van der Waals surface area contributed by atoms with Gasteiger partial charge in [0.1, 0.15) is 0 Å². The van der Waals surface area contributed by atoms with Crippen LogP contribution in [0.15, 0.2) is 71.0 Å². The predicted octanol–water partition coefficient (Wildman–Crippen LogP) is 4.38. The summed E-state index contributed by atoms with van der Waals surface area (Å²) in [4.78, 5) is 20.6. The molecule has 0 atom stereocenters. The molecule has 0 aliphatic rings. The highest BCUT2D eigenvalue weighted by Gasteiger charge is 2.03. The Hall–Kier alpha value is -3.17. The van der Waals surface area contributed by atoms with Gasteiger partial charge in [-0.1, -0.05) is 24.3 Å². The molecule has 0 saturated heterocycles. The zero-order valence-corrected chi connectivity index (χ0v) is 11.9. The van der Waals surface area contributed by atoms with E-state index in [2.05, 4.69) is 15.2 Å². The van der Waals surface area contributed by atoms with Gasteiger partial charge in [0.25, 0.3) is 0 Å². The smallest absolute Gasteiger partial charge is 0.256 e. The minimum Gasteiger partial charge on any atom is -0.256 e. The molecule has 0 spiro atoms. The van der Waals surface area contributed by atoms with E-state index in [-0.39, 0.29) is 6.15 Å². The van der Waals surface area contributed by atoms with Crippen LogP contribution in [0.5, 0.6) is 0 Å². The zero-order valence-electron chi connectivity index (χ0n) is 11.9. The monoisotopic (exact) mass is 291 g/mol. The summed E-state index contributed by atoms with van der Waals surface area (Å²) in [5.74, 6) is 0. The molecule has 5 nitrogen and oxygen atoms in total. The molecule has 108 valence electrons. The summed E-state index contributed by atoms with van der Waals surface area (Å²) in [7, 11) is 0. The molecule has 0 fully saturated rings. The number of benzene rings is 2. The summed E-state index contributed by atoms with van der Waals surface area (Å²) >= 11 is 0. The fourth-order valence-electron chi connectivity index (χ4n) is 1.99. The second-order valence-electron chi connectivity index (χ2n) is 4.42. The summed E-state index contributed by atoms with van der Waals surface area (Å²) < 4.78 is 0. The van der Waals surface area contributed by atoms with Crippen LogP contribution >= 0.6 is 0 Å². The van der Waals surface area contributed by atoms with Crippen molar-refractivity contribution in [2.75, 3.05) is 0 Å². The predicted molar refractivity (Wildman–Crippen MR) is 82.1 cm³/mol. The van der Waals surface area contributed by atoms with Gasteiger partial charge in [-0.2, -0.15) is 14.7 Å². The lowest BCUT2D eigenvalue weighted by atomic mass is 10.1. The van der Waals surface area contributed by atoms with Gasteiger partial charge in [-0.15, -0.1) is 5.11 Å². The minimum absolute atomic E-state index is 0.250. The third-order valence-corrected chi connectivity index (χ3v) is 2.98. The first-order chi connectivity index (χ1) is 10.8. The fraction of sp³-hybridized carbons (Fsp3) is 0.0588. The number of nitrogens with zero attached hydrogens (tertiary/aromatic N) is 3. The van der Waals surface area contributed by atoms with Gasteiger partial charge in [-0.05, 0) is 42.8 Å². The molecule has 0 aliphatic carbocycles. The van der Waals surface area contributed by atoms with E-state index < -0.39 is 0 Å². The van der Waals surface area contributed by atoms with Crippen LogP contribution in [-0.2, 0) is 9.59 Å². The van der Waals surface area contributed by atoms with Gasteiger partial charge in [0.2, 0.25) is 0 Å². The Kier molecular flexibility index (Phi) is 5.24. The molecule has 1 heterocycles. The molecule has 0 bridgehead atoms. The molecule has 0 radical (unpaired) electrons. The number of azo groups is 1. The Morgan fingerprint density at radius 1 is 0.909 bits per heavy atom. The van der Waals surface area contributed by atoms with Crippen LogP contribution < -0.4 is 0 Å². The van der Waals surface area contributed by atoms with Crippen molar-refractivity contribution in [3.8, 4) is 0 Å². The number of rotatable bonds is 2. The average Bonchev–Trinajstić information content (AvgIpc) is 2.56. The van der Waals surface area contributed by atoms with E-state index >= 15 is 0 Å². The molecule has 0 unspecified atom stereocenters. The third-order valence-electron chi connectivity index (χ3n) is 2.98. The molecule has 2 aromatic carbocycles. The van der Waals surface area contributed by atoms with Crippen molar-refractivity contribution in [1.29, 1.82) is 0 Å². The Morgan fingerprint density at radius 2 is 1.64 bits per heavy atom. The topological polar surface area (TPSA) is 71.8 Å². The Labute approximate surface area is 127 Å². The molecular weight excluding hydrogens is 278 g/mol. The quantitative estimate of drug-likeness (QED) is 0.658. The van der Waals surface area contributed by atoms with Gasteiger partial charge in [-0.3, -0.25) is 4.98 Å². The normalized spacial score (nSPS) is 10.0. The molecule has 22 heavy (non-hydrogen) atoms. The molecule has 0 N–H and O–H groups in total. The molecule has 0 aliphatic heterocycles. The van der Waals surface area contributed by atoms with Gasteiger partial charge in [0, 0.05) is 11.6 Å². The van der Waals surface area contributed by atoms with Crippen molar-refractivity contribution in [3.63, 3.8) is 0 Å². The first-order valence-corrected chi connectivity index (χ1v) is 6.56. The summed E-state index contributed by atoms with van der Waals surface area (Å²) in [5.41, 5.74) is 3.82. The van der Waals surface area contributed by atoms with Gasteiger partial charge in [0.05, 0.1) is 16.9 Å². The van der Waals surface area contributed by atoms with Crippen LogP contribution in [0.1, 0.15) is 5.56 Å². The van der Waals surface area contributed by atoms with Crippen LogP contribution in [0, 0.1) is 6.92 Å². The molecule has 0 saturated carbocycles. The van der Waals surface area contributed by atoms with Crippen LogP contribution in [0.2, 0.25) is 0 Å². The Bertz CT molecular complexity index is 824. The maximum absolute atomic E-state index is 8.12. The molecule has 3 aromatic rings. The summed E-state index contributed by atoms with van der Waals surface area (Å²) in [5, 5.41) is 9.61. The lowest BCUT2D eigenvalue weighted by molar-refractivity contribution is -0.191. The van der Waals surface area contributed by atoms with Gasteiger partial charge in [-0.25, -0.2) is 0 Å². The average molecular weight is 291 g/mol. The number of carbonyl (C=O) groups excluding carboxylic acids is 2. The van der Waals surface area contributed by atoms with Crippen molar-refractivity contribution in [1.82, 2.24) is 4.98 Å². The number of aromatic nitrogens is 1. The lowest BCUT2D eigenvalue weighted by Gasteiger charge is -2.03. The van der Waals surface area contributed by atoms with E-state index in [1.165, 1.54) is 0 Å². The van der Waals surface area contributed by atoms with Crippen molar-refractivity contribution >= 4 is 28.4 Å². The van der Waals surface area contributed by atoms with E-state index in [1.54, 1.807) is 6.20 Å². The second kappa shape index (κ2) is 7.57. The van der Waals surface area contributed by atoms with E-state index in [4.69, 9.17) is 9.59 Å². The largest absolute Gasteiger partial charge is 0.373 e. The highest BCUT2D eigenvalue weighted by atomic mass is 16.2. The number of hydrogen-bond acceptors (Lipinski definition) is 5. The van der Waals surface area contributed by atoms with Crippen LogP contribution in [0.25, 0.3) is 10.9 Å². The third kappa shape index (κ3) is 3.69. The van der Waals surface area contributed by atoms with E-state index in [0.29, 0.717) is 0 Å². The molecular formula is C17H13N3O2. The van der Waals surface area contributed by atoms with Crippen LogP contribution in [0.3, 0.4) is 0 Å². The Balaban J connectivity index is 0.000000545. The highest BCUT2D eigenvalue weighted by Crippen LogP contribution is 2.28. The van der Waals surface area contributed by atoms with Crippen molar-refractivity contribution in [2.45, 2.75) is 6.92 Å². The Morgan fingerprint density at radius 3 is 2.36 bits per heavy atom. The van der Waals surface area contributed by atoms with Crippen molar-refractivity contribution < 1.29 is 9.59 Å². The lowest BCUT2D eigenvalue weighted by Crippen LogP contribution is -1.82. The molecule has 1 aromatic heterocycles. The van der Waals surface area contributed by atoms with E-state index in [1.807, 2.05) is 61.5 Å². The highest BCUT2D eigenvalue weighted by molar-refractivity contribution is 5.91. The summed E-state index contributed by atoms with van der Waals surface area (Å²) in [6.07, 6.45) is 2.05. The first kappa shape index (κ1) is 15.2. The van der Waals surface area contributed by atoms with Gasteiger partial charge in [0.15, 0.2) is 0 Å². The maximum atomic E-state index is 8.12. The minimum atomic E-state index is 0.250. The number of fused-ring (bicyclic) bond motifs is 1. The first-order valence-electron chi connectivity index (χ1n) is 6.56. The summed E-state index contributed by atoms with van der Waals surface area (Å²) in [6, 6.07) is 17.7. The van der Waals surface area contributed by atoms with Gasteiger partial charge >= 0.3 is 6.15 Å². The number of hydrogen-bond donors (Lipinski definition) is 0. The van der Waals surface area contributed by atoms with Gasteiger partial charge < -0.3 is 0 Å². The van der Waals surface area contributed by atoms with Crippen LogP contribution in [-0.4, -0.2) is 11.1 Å². The standard InChI is InChI=1S/C16H13N3.CO2/c1-12-9-10-15(14-8-5-11-17-16(12)14)19-18-13-6-3-2-4-7-13;2-1-3/h2-11H,1H3;. The SMILES string of the molecule is Cc1ccc(N=Nc2ccccc2)c2cccnc12.O=C=O. The number of aryl methyl sites for hydroxylation is 1. The number of pyridine rings is 1. The maximum Gasteiger partial charge on any atom is 0.373 e. The zero-order chi connectivity index (χ0) is 15.8. The van der Waals surface area contributed by atoms with Crippen molar-refractivity contribution in [2.24, 2.45) is 10.2 Å². The second-order valence-corrected chi connectivity index (χ2v) is 4.42. The summed E-state index contributed by atoms with van der Waals surface area (Å²) in [6.45, 7) is 2.05. The molecule has 3 rings (SSSR count). The molecule has 5 heteroatoms. The van der Waals surface area contributed by atoms with E-state index in [0.717, 1.165) is 27.8 Å². The fourth-order valence-corrected chi connectivity index (χ4v) is 1.99. The van der Waals surface area contributed by atoms with Crippen LogP contribution in [0.4, 0.5) is 11.4 Å².